The SMILES string of the molecule is CNc1nc2cc(C)ccc2n2c(-c3ccc(O)c(O)c3)cnc12. The number of aromatic nitrogens is 3. The van der Waals surface area contributed by atoms with Crippen LogP contribution in [0, 0.1) is 6.92 Å². The first-order chi connectivity index (χ1) is 11.6. The summed E-state index contributed by atoms with van der Waals surface area (Å²) in [5.41, 5.74) is 5.18. The van der Waals surface area contributed by atoms with E-state index in [1.54, 1.807) is 12.3 Å². The van der Waals surface area contributed by atoms with Crippen molar-refractivity contribution in [2.75, 3.05) is 12.4 Å². The molecule has 6 heteroatoms. The molecule has 0 aliphatic heterocycles. The molecule has 6 nitrogen and oxygen atoms in total. The van der Waals surface area contributed by atoms with Gasteiger partial charge < -0.3 is 15.5 Å². The smallest absolute Gasteiger partial charge is 0.181 e. The molecule has 3 N–H and O–H groups in total. The quantitative estimate of drug-likeness (QED) is 0.494. The minimum atomic E-state index is -0.162. The molecule has 0 fully saturated rings. The van der Waals surface area contributed by atoms with Crippen LogP contribution in [0.2, 0.25) is 0 Å². The number of nitrogens with one attached hydrogen (secondary N) is 1. The zero-order chi connectivity index (χ0) is 16.8. The molecule has 0 amide bonds. The van der Waals surface area contributed by atoms with Crippen LogP contribution in [0.3, 0.4) is 0 Å². The first kappa shape index (κ1) is 14.3. The Bertz CT molecular complexity index is 1090. The van der Waals surface area contributed by atoms with E-state index in [9.17, 15) is 10.2 Å². The third kappa shape index (κ3) is 2.04. The predicted octanol–water partition coefficient (Wildman–Crippen LogP) is 3.31. The van der Waals surface area contributed by atoms with Crippen LogP contribution in [0.5, 0.6) is 11.5 Å². The Balaban J connectivity index is 2.11. The molecule has 0 aliphatic carbocycles. The van der Waals surface area contributed by atoms with E-state index in [-0.39, 0.29) is 11.5 Å². The Morgan fingerprint density at radius 2 is 1.88 bits per heavy atom. The van der Waals surface area contributed by atoms with Gasteiger partial charge in [0.1, 0.15) is 0 Å². The number of phenolic OH excluding ortho intramolecular Hbond substituents is 2. The zero-order valence-electron chi connectivity index (χ0n) is 13.3. The number of benzene rings is 2. The van der Waals surface area contributed by atoms with E-state index < -0.39 is 0 Å². The Morgan fingerprint density at radius 1 is 1.04 bits per heavy atom. The standard InChI is InChI=1S/C18H16N4O2/c1-10-3-5-13-12(7-10)21-17(19-2)18-20-9-14(22(13)18)11-4-6-15(23)16(24)8-11/h3-9,23-24H,1-2H3,(H,19,21). The molecular weight excluding hydrogens is 304 g/mol. The molecule has 0 radical (unpaired) electrons. The fourth-order valence-electron chi connectivity index (χ4n) is 2.90. The van der Waals surface area contributed by atoms with Crippen LogP contribution in [0.15, 0.2) is 42.6 Å². The van der Waals surface area contributed by atoms with E-state index in [4.69, 9.17) is 0 Å². The highest BCUT2D eigenvalue weighted by Crippen LogP contribution is 2.33. The molecule has 0 saturated carbocycles. The summed E-state index contributed by atoms with van der Waals surface area (Å²) >= 11 is 0. The number of phenols is 2. The van der Waals surface area contributed by atoms with Crippen molar-refractivity contribution >= 4 is 22.5 Å². The first-order valence-electron chi connectivity index (χ1n) is 7.56. The summed E-state index contributed by atoms with van der Waals surface area (Å²) in [7, 11) is 1.81. The van der Waals surface area contributed by atoms with E-state index in [1.165, 1.54) is 12.1 Å². The maximum Gasteiger partial charge on any atom is 0.181 e. The Hall–Kier alpha value is -3.28. The lowest BCUT2D eigenvalue weighted by Crippen LogP contribution is -2.01. The second kappa shape index (κ2) is 5.13. The molecule has 0 unspecified atom stereocenters. The number of fused-ring (bicyclic) bond motifs is 3. The average Bonchev–Trinajstić information content (AvgIpc) is 3.01. The van der Waals surface area contributed by atoms with E-state index in [1.807, 2.05) is 36.6 Å². The van der Waals surface area contributed by atoms with Crippen molar-refractivity contribution in [2.24, 2.45) is 0 Å². The number of imidazole rings is 1. The van der Waals surface area contributed by atoms with E-state index >= 15 is 0 Å². The second-order valence-corrected chi connectivity index (χ2v) is 5.71. The maximum absolute atomic E-state index is 9.82. The van der Waals surface area contributed by atoms with Crippen LogP contribution in [-0.2, 0) is 0 Å². The third-order valence-corrected chi connectivity index (χ3v) is 4.09. The minimum Gasteiger partial charge on any atom is -0.504 e. The van der Waals surface area contributed by atoms with Gasteiger partial charge in [-0.3, -0.25) is 4.40 Å². The lowest BCUT2D eigenvalue weighted by atomic mass is 10.1. The van der Waals surface area contributed by atoms with Gasteiger partial charge in [0, 0.05) is 12.6 Å². The summed E-state index contributed by atoms with van der Waals surface area (Å²) in [6.07, 6.45) is 1.74. The summed E-state index contributed by atoms with van der Waals surface area (Å²) in [6.45, 7) is 2.02. The summed E-state index contributed by atoms with van der Waals surface area (Å²) < 4.78 is 2.00. The van der Waals surface area contributed by atoms with Gasteiger partial charge in [-0.05, 0) is 42.8 Å². The number of aromatic hydroxyl groups is 2. The van der Waals surface area contributed by atoms with Gasteiger partial charge in [-0.15, -0.1) is 0 Å². The number of rotatable bonds is 2. The van der Waals surface area contributed by atoms with Crippen molar-refractivity contribution in [3.8, 4) is 22.8 Å². The number of hydrogen-bond donors (Lipinski definition) is 3. The molecular formula is C18H16N4O2. The molecule has 2 heterocycles. The highest BCUT2D eigenvalue weighted by molar-refractivity contribution is 5.86. The third-order valence-electron chi connectivity index (χ3n) is 4.09. The molecule has 4 rings (SSSR count). The van der Waals surface area contributed by atoms with Crippen LogP contribution in [0.1, 0.15) is 5.56 Å². The lowest BCUT2D eigenvalue weighted by Gasteiger charge is -2.10. The maximum atomic E-state index is 9.82. The first-order valence-corrected chi connectivity index (χ1v) is 7.56. The van der Waals surface area contributed by atoms with Crippen LogP contribution in [-0.4, -0.2) is 31.6 Å². The number of aryl methyl sites for hydroxylation is 1. The Kier molecular flexibility index (Phi) is 3.06. The summed E-state index contributed by atoms with van der Waals surface area (Å²) in [5, 5.41) is 22.4. The molecule has 0 spiro atoms. The van der Waals surface area contributed by atoms with Gasteiger partial charge in [0.25, 0.3) is 0 Å². The predicted molar refractivity (Wildman–Crippen MR) is 93.5 cm³/mol. The van der Waals surface area contributed by atoms with Gasteiger partial charge in [0.05, 0.1) is 22.9 Å². The van der Waals surface area contributed by atoms with Crippen molar-refractivity contribution in [1.29, 1.82) is 0 Å². The van der Waals surface area contributed by atoms with Crippen LogP contribution in [0.25, 0.3) is 27.9 Å². The van der Waals surface area contributed by atoms with Gasteiger partial charge in [0.15, 0.2) is 23.0 Å². The highest BCUT2D eigenvalue weighted by Gasteiger charge is 2.15. The lowest BCUT2D eigenvalue weighted by molar-refractivity contribution is 0.404. The van der Waals surface area contributed by atoms with Crippen molar-refractivity contribution in [2.45, 2.75) is 6.92 Å². The van der Waals surface area contributed by atoms with Crippen LogP contribution in [0.4, 0.5) is 5.82 Å². The van der Waals surface area contributed by atoms with E-state index in [2.05, 4.69) is 15.3 Å². The Morgan fingerprint density at radius 3 is 2.62 bits per heavy atom. The second-order valence-electron chi connectivity index (χ2n) is 5.71. The van der Waals surface area contributed by atoms with E-state index in [0.29, 0.717) is 11.5 Å². The number of anilines is 1. The summed E-state index contributed by atoms with van der Waals surface area (Å²) in [5.74, 6) is 0.374. The van der Waals surface area contributed by atoms with Crippen molar-refractivity contribution in [3.05, 3.63) is 48.2 Å². The van der Waals surface area contributed by atoms with Gasteiger partial charge >= 0.3 is 0 Å². The molecule has 0 atom stereocenters. The van der Waals surface area contributed by atoms with Crippen molar-refractivity contribution < 1.29 is 10.2 Å². The van der Waals surface area contributed by atoms with E-state index in [0.717, 1.165) is 27.9 Å². The highest BCUT2D eigenvalue weighted by atomic mass is 16.3. The molecule has 2 aromatic carbocycles. The molecule has 0 saturated heterocycles. The molecule has 4 aromatic rings. The van der Waals surface area contributed by atoms with Gasteiger partial charge in [-0.1, -0.05) is 6.07 Å². The summed E-state index contributed by atoms with van der Waals surface area (Å²) in [4.78, 5) is 9.12. The largest absolute Gasteiger partial charge is 0.504 e. The van der Waals surface area contributed by atoms with Crippen molar-refractivity contribution in [1.82, 2.24) is 14.4 Å². The fraction of sp³-hybridized carbons (Fsp3) is 0.111. The van der Waals surface area contributed by atoms with Crippen LogP contribution >= 0.6 is 0 Å². The normalized spacial score (nSPS) is 11.2. The van der Waals surface area contributed by atoms with Crippen molar-refractivity contribution in [3.63, 3.8) is 0 Å². The topological polar surface area (TPSA) is 82.7 Å². The van der Waals surface area contributed by atoms with Gasteiger partial charge in [0.2, 0.25) is 0 Å². The molecule has 0 bridgehead atoms. The monoisotopic (exact) mass is 320 g/mol. The average molecular weight is 320 g/mol. The summed E-state index contributed by atoms with van der Waals surface area (Å²) in [6, 6.07) is 10.8. The molecule has 24 heavy (non-hydrogen) atoms. The van der Waals surface area contributed by atoms with Gasteiger partial charge in [-0.2, -0.15) is 0 Å². The fourth-order valence-corrected chi connectivity index (χ4v) is 2.90. The Labute approximate surface area is 138 Å². The van der Waals surface area contributed by atoms with Gasteiger partial charge in [-0.25, -0.2) is 9.97 Å². The molecule has 0 aliphatic rings. The molecule has 120 valence electrons. The van der Waals surface area contributed by atoms with Crippen LogP contribution < -0.4 is 5.32 Å². The minimum absolute atomic E-state index is 0.148. The number of nitrogens with zero attached hydrogens (tertiary/aromatic N) is 3. The zero-order valence-corrected chi connectivity index (χ0v) is 13.3. The molecule has 2 aromatic heterocycles. The number of hydrogen-bond acceptors (Lipinski definition) is 5.